The molecular weight excluding hydrogens is 284 g/mol. The fourth-order valence-corrected chi connectivity index (χ4v) is 2.47. The molecule has 1 aromatic heterocycles. The molecule has 114 valence electrons. The average molecular weight is 300 g/mol. The van der Waals surface area contributed by atoms with Gasteiger partial charge in [-0.25, -0.2) is 9.97 Å². The largest absolute Gasteiger partial charge is 0.468 e. The number of anilines is 4. The summed E-state index contributed by atoms with van der Waals surface area (Å²) in [7, 11) is 2.99. The highest BCUT2D eigenvalue weighted by molar-refractivity contribution is 5.93. The number of hydrogen-bond acceptors (Lipinski definition) is 7. The minimum atomic E-state index is -0.341. The Hall–Kier alpha value is -2.67. The number of para-hydroxylation sites is 2. The second kappa shape index (κ2) is 5.98. The molecule has 22 heavy (non-hydrogen) atoms. The molecule has 1 aliphatic heterocycles. The number of rotatable bonds is 4. The lowest BCUT2D eigenvalue weighted by molar-refractivity contribution is -0.138. The van der Waals surface area contributed by atoms with Crippen molar-refractivity contribution < 1.29 is 14.3 Å². The zero-order valence-electron chi connectivity index (χ0n) is 12.4. The van der Waals surface area contributed by atoms with Crippen LogP contribution >= 0.6 is 0 Å². The van der Waals surface area contributed by atoms with Crippen LogP contribution in [-0.2, 0) is 14.3 Å². The van der Waals surface area contributed by atoms with Crippen molar-refractivity contribution in [3.8, 4) is 0 Å². The summed E-state index contributed by atoms with van der Waals surface area (Å²) in [5.41, 5.74) is 1.76. The van der Waals surface area contributed by atoms with Gasteiger partial charge in [-0.15, -0.1) is 0 Å². The van der Waals surface area contributed by atoms with Gasteiger partial charge in [-0.3, -0.25) is 9.69 Å². The molecule has 0 spiro atoms. The molecule has 0 N–H and O–H groups in total. The van der Waals surface area contributed by atoms with E-state index in [0.29, 0.717) is 18.4 Å². The predicted molar refractivity (Wildman–Crippen MR) is 81.5 cm³/mol. The maximum absolute atomic E-state index is 11.8. The van der Waals surface area contributed by atoms with Gasteiger partial charge in [-0.2, -0.15) is 0 Å². The molecule has 2 heterocycles. The Balaban J connectivity index is 2.13. The van der Waals surface area contributed by atoms with Gasteiger partial charge in [0.25, 0.3) is 0 Å². The summed E-state index contributed by atoms with van der Waals surface area (Å²) in [5.74, 6) is 0.905. The van der Waals surface area contributed by atoms with Crippen molar-refractivity contribution in [3.63, 3.8) is 0 Å². The van der Waals surface area contributed by atoms with Crippen LogP contribution in [0.4, 0.5) is 23.0 Å². The minimum Gasteiger partial charge on any atom is -0.468 e. The van der Waals surface area contributed by atoms with Crippen LogP contribution in [0, 0.1) is 0 Å². The Morgan fingerprint density at radius 3 is 2.23 bits per heavy atom. The van der Waals surface area contributed by atoms with Crippen LogP contribution < -0.4 is 9.80 Å². The second-order valence-corrected chi connectivity index (χ2v) is 4.70. The van der Waals surface area contributed by atoms with Crippen LogP contribution in [0.15, 0.2) is 36.7 Å². The Morgan fingerprint density at radius 1 is 1.05 bits per heavy atom. The van der Waals surface area contributed by atoms with Crippen molar-refractivity contribution in [3.05, 3.63) is 36.7 Å². The molecule has 0 fully saturated rings. The van der Waals surface area contributed by atoms with Gasteiger partial charge in [0.05, 0.1) is 18.5 Å². The summed E-state index contributed by atoms with van der Waals surface area (Å²) < 4.78 is 10.1. The van der Waals surface area contributed by atoms with Gasteiger partial charge in [0, 0.05) is 19.5 Å². The van der Waals surface area contributed by atoms with Crippen molar-refractivity contribution in [1.82, 2.24) is 9.97 Å². The standard InChI is InChI=1S/C15H16N4O3/c1-21-10-19-12-6-4-3-5-11(12)18(9-13(20)22-2)14-15(19)17-8-7-16-14/h3-8H,9-10H2,1-2H3. The number of carbonyl (C=O) groups is 1. The van der Waals surface area contributed by atoms with Crippen molar-refractivity contribution in [2.75, 3.05) is 37.3 Å². The van der Waals surface area contributed by atoms with E-state index < -0.39 is 0 Å². The summed E-state index contributed by atoms with van der Waals surface area (Å²) in [6.07, 6.45) is 3.22. The molecule has 2 aromatic rings. The number of nitrogens with zero attached hydrogens (tertiary/aromatic N) is 4. The normalized spacial score (nSPS) is 12.6. The number of ether oxygens (including phenoxy) is 2. The molecule has 0 aliphatic carbocycles. The first-order chi connectivity index (χ1) is 10.8. The first-order valence-electron chi connectivity index (χ1n) is 6.77. The van der Waals surface area contributed by atoms with E-state index in [0.717, 1.165) is 11.4 Å². The molecule has 0 atom stereocenters. The van der Waals surface area contributed by atoms with Crippen molar-refractivity contribution in [2.24, 2.45) is 0 Å². The van der Waals surface area contributed by atoms with E-state index >= 15 is 0 Å². The van der Waals surface area contributed by atoms with Crippen LogP contribution in [0.25, 0.3) is 0 Å². The monoisotopic (exact) mass is 300 g/mol. The van der Waals surface area contributed by atoms with Crippen molar-refractivity contribution in [1.29, 1.82) is 0 Å². The summed E-state index contributed by atoms with van der Waals surface area (Å²) in [5, 5.41) is 0. The molecule has 1 aromatic carbocycles. The lowest BCUT2D eigenvalue weighted by Gasteiger charge is -2.37. The maximum atomic E-state index is 11.8. The third-order valence-electron chi connectivity index (χ3n) is 3.41. The quantitative estimate of drug-likeness (QED) is 0.798. The molecule has 7 heteroatoms. The first-order valence-corrected chi connectivity index (χ1v) is 6.77. The first kappa shape index (κ1) is 14.3. The highest BCUT2D eigenvalue weighted by Gasteiger charge is 2.31. The van der Waals surface area contributed by atoms with Crippen LogP contribution in [0.3, 0.4) is 0 Å². The number of esters is 1. The van der Waals surface area contributed by atoms with E-state index in [9.17, 15) is 4.79 Å². The van der Waals surface area contributed by atoms with Crippen LogP contribution in [0.5, 0.6) is 0 Å². The van der Waals surface area contributed by atoms with Gasteiger partial charge in [0.15, 0.2) is 11.6 Å². The Kier molecular flexibility index (Phi) is 3.88. The van der Waals surface area contributed by atoms with Crippen LogP contribution in [-0.4, -0.2) is 43.4 Å². The Labute approximate surface area is 128 Å². The number of aromatic nitrogens is 2. The van der Waals surface area contributed by atoms with Crippen molar-refractivity contribution >= 4 is 29.0 Å². The molecule has 0 saturated carbocycles. The van der Waals surface area contributed by atoms with Gasteiger partial charge >= 0.3 is 5.97 Å². The molecule has 7 nitrogen and oxygen atoms in total. The van der Waals surface area contributed by atoms with Crippen LogP contribution in [0.2, 0.25) is 0 Å². The lowest BCUT2D eigenvalue weighted by atomic mass is 10.1. The average Bonchev–Trinajstić information content (AvgIpc) is 2.57. The molecule has 0 saturated heterocycles. The van der Waals surface area contributed by atoms with E-state index in [1.54, 1.807) is 24.4 Å². The van der Waals surface area contributed by atoms with Gasteiger partial charge in [-0.1, -0.05) is 12.1 Å². The van der Waals surface area contributed by atoms with E-state index in [1.165, 1.54) is 7.11 Å². The van der Waals surface area contributed by atoms with E-state index in [-0.39, 0.29) is 12.5 Å². The smallest absolute Gasteiger partial charge is 0.325 e. The number of methoxy groups -OCH3 is 2. The van der Waals surface area contributed by atoms with Crippen LogP contribution in [0.1, 0.15) is 0 Å². The van der Waals surface area contributed by atoms with Gasteiger partial charge in [0.2, 0.25) is 0 Å². The highest BCUT2D eigenvalue weighted by atomic mass is 16.5. The predicted octanol–water partition coefficient (Wildman–Crippen LogP) is 1.84. The Morgan fingerprint density at radius 2 is 1.64 bits per heavy atom. The zero-order valence-corrected chi connectivity index (χ0v) is 12.4. The summed E-state index contributed by atoms with van der Waals surface area (Å²) >= 11 is 0. The molecule has 0 amide bonds. The summed E-state index contributed by atoms with van der Waals surface area (Å²) in [6, 6.07) is 7.73. The summed E-state index contributed by atoms with van der Waals surface area (Å²) in [4.78, 5) is 24.2. The number of hydrogen-bond donors (Lipinski definition) is 0. The zero-order chi connectivity index (χ0) is 15.5. The second-order valence-electron chi connectivity index (χ2n) is 4.70. The third-order valence-corrected chi connectivity index (χ3v) is 3.41. The lowest BCUT2D eigenvalue weighted by Crippen LogP contribution is -2.35. The molecular formula is C15H16N4O3. The fraction of sp³-hybridized carbons (Fsp3) is 0.267. The molecule has 0 radical (unpaired) electrons. The molecule has 1 aliphatic rings. The minimum absolute atomic E-state index is 0.0695. The summed E-state index contributed by atoms with van der Waals surface area (Å²) in [6.45, 7) is 0.412. The SMILES string of the molecule is COCN1c2ccccc2N(CC(=O)OC)c2nccnc21. The molecule has 0 unspecified atom stereocenters. The number of carbonyl (C=O) groups excluding carboxylic acids is 1. The molecule has 0 bridgehead atoms. The fourth-order valence-electron chi connectivity index (χ4n) is 2.47. The van der Waals surface area contributed by atoms with Gasteiger partial charge in [0.1, 0.15) is 13.3 Å². The van der Waals surface area contributed by atoms with Crippen molar-refractivity contribution in [2.45, 2.75) is 0 Å². The van der Waals surface area contributed by atoms with E-state index in [2.05, 4.69) is 9.97 Å². The molecule has 3 rings (SSSR count). The van der Waals surface area contributed by atoms with E-state index in [1.807, 2.05) is 29.2 Å². The van der Waals surface area contributed by atoms with E-state index in [4.69, 9.17) is 9.47 Å². The third kappa shape index (κ3) is 2.35. The maximum Gasteiger partial charge on any atom is 0.325 e. The topological polar surface area (TPSA) is 67.8 Å². The number of fused-ring (bicyclic) bond motifs is 2. The Bertz CT molecular complexity index is 644. The van der Waals surface area contributed by atoms with Gasteiger partial charge < -0.3 is 14.4 Å². The van der Waals surface area contributed by atoms with Gasteiger partial charge in [-0.05, 0) is 12.1 Å². The highest BCUT2D eigenvalue weighted by Crippen LogP contribution is 2.45. The number of benzene rings is 1.